The summed E-state index contributed by atoms with van der Waals surface area (Å²) >= 11 is 0. The minimum atomic E-state index is -0.949. The molecule has 0 spiro atoms. The Morgan fingerprint density at radius 2 is 1.82 bits per heavy atom. The van der Waals surface area contributed by atoms with Gasteiger partial charge in [-0.15, -0.1) is 0 Å². The molecule has 172 valence electrons. The minimum absolute atomic E-state index is 0.0196. The zero-order chi connectivity index (χ0) is 23.3. The number of fused-ring (bicyclic) bond motifs is 1. The number of nitrogens with zero attached hydrogens (tertiary/aromatic N) is 2. The molecular weight excluding hydrogens is 422 g/mol. The SMILES string of the molecule is COC(=O)CNC1(c2cc(OC)cc(OC)c2)CN2C=CC=C(OCc3ccccc3)C2=N1. The molecule has 1 atom stereocenters. The topological polar surface area (TPSA) is 81.6 Å². The van der Waals surface area contributed by atoms with Gasteiger partial charge in [-0.2, -0.15) is 0 Å². The molecule has 2 heterocycles. The highest BCUT2D eigenvalue weighted by molar-refractivity contribution is 6.00. The number of aliphatic imine (C=N–C) groups is 1. The van der Waals surface area contributed by atoms with Crippen molar-refractivity contribution >= 4 is 11.8 Å². The molecule has 4 rings (SSSR count). The number of carbonyl (C=O) groups is 1. The maximum Gasteiger partial charge on any atom is 0.319 e. The minimum Gasteiger partial charge on any atom is -0.497 e. The zero-order valence-corrected chi connectivity index (χ0v) is 18.9. The number of amidine groups is 1. The molecular formula is C25H27N3O5. The summed E-state index contributed by atoms with van der Waals surface area (Å²) in [5.41, 5.74) is 0.904. The molecule has 0 aliphatic carbocycles. The fourth-order valence-electron chi connectivity index (χ4n) is 3.77. The van der Waals surface area contributed by atoms with Crippen molar-refractivity contribution in [2.24, 2.45) is 4.99 Å². The van der Waals surface area contributed by atoms with Crippen LogP contribution in [0.4, 0.5) is 0 Å². The first-order valence-electron chi connectivity index (χ1n) is 10.5. The van der Waals surface area contributed by atoms with Crippen LogP contribution < -0.4 is 14.8 Å². The monoisotopic (exact) mass is 449 g/mol. The van der Waals surface area contributed by atoms with Crippen LogP contribution in [0, 0.1) is 0 Å². The van der Waals surface area contributed by atoms with Gasteiger partial charge in [-0.1, -0.05) is 30.3 Å². The van der Waals surface area contributed by atoms with E-state index in [4.69, 9.17) is 23.9 Å². The van der Waals surface area contributed by atoms with E-state index in [-0.39, 0.29) is 12.5 Å². The fourth-order valence-corrected chi connectivity index (χ4v) is 3.77. The summed E-state index contributed by atoms with van der Waals surface area (Å²) in [5, 5.41) is 3.28. The molecule has 0 bridgehead atoms. The predicted octanol–water partition coefficient (Wildman–Crippen LogP) is 2.96. The molecule has 8 nitrogen and oxygen atoms in total. The van der Waals surface area contributed by atoms with E-state index < -0.39 is 5.66 Å². The highest BCUT2D eigenvalue weighted by Gasteiger charge is 2.43. The first-order chi connectivity index (χ1) is 16.1. The Morgan fingerprint density at radius 1 is 1.09 bits per heavy atom. The van der Waals surface area contributed by atoms with Gasteiger partial charge in [0.1, 0.15) is 18.1 Å². The smallest absolute Gasteiger partial charge is 0.319 e. The summed E-state index contributed by atoms with van der Waals surface area (Å²) in [6, 6.07) is 15.5. The Balaban J connectivity index is 1.69. The van der Waals surface area contributed by atoms with E-state index in [1.165, 1.54) is 7.11 Å². The molecule has 0 saturated heterocycles. The molecule has 0 aromatic heterocycles. The second-order valence-corrected chi connectivity index (χ2v) is 7.60. The Labute approximate surface area is 193 Å². The quantitative estimate of drug-likeness (QED) is 0.590. The number of carbonyl (C=O) groups excluding carboxylic acids is 1. The zero-order valence-electron chi connectivity index (χ0n) is 18.9. The molecule has 33 heavy (non-hydrogen) atoms. The summed E-state index contributed by atoms with van der Waals surface area (Å²) < 4.78 is 21.9. The van der Waals surface area contributed by atoms with Crippen molar-refractivity contribution in [1.29, 1.82) is 0 Å². The average molecular weight is 450 g/mol. The summed E-state index contributed by atoms with van der Waals surface area (Å²) in [6.07, 6.45) is 5.75. The largest absolute Gasteiger partial charge is 0.497 e. The number of hydrogen-bond donors (Lipinski definition) is 1. The highest BCUT2D eigenvalue weighted by Crippen LogP contribution is 2.37. The second kappa shape index (κ2) is 9.79. The normalized spacial score (nSPS) is 18.8. The molecule has 2 aromatic carbocycles. The van der Waals surface area contributed by atoms with E-state index in [0.717, 1.165) is 11.1 Å². The lowest BCUT2D eigenvalue weighted by molar-refractivity contribution is -0.139. The molecule has 0 amide bonds. The maximum atomic E-state index is 12.0. The van der Waals surface area contributed by atoms with Crippen molar-refractivity contribution in [3.05, 3.63) is 83.8 Å². The van der Waals surface area contributed by atoms with Crippen LogP contribution in [-0.4, -0.2) is 51.1 Å². The van der Waals surface area contributed by atoms with Gasteiger partial charge in [-0.3, -0.25) is 10.1 Å². The second-order valence-electron chi connectivity index (χ2n) is 7.60. The molecule has 1 N–H and O–H groups in total. The molecule has 8 heteroatoms. The third-order valence-corrected chi connectivity index (χ3v) is 5.52. The fraction of sp³-hybridized carbons (Fsp3) is 0.280. The lowest BCUT2D eigenvalue weighted by Gasteiger charge is -2.29. The van der Waals surface area contributed by atoms with Gasteiger partial charge in [0.15, 0.2) is 17.3 Å². The van der Waals surface area contributed by atoms with Crippen LogP contribution in [0.1, 0.15) is 11.1 Å². The Bertz CT molecular complexity index is 1070. The summed E-state index contributed by atoms with van der Waals surface area (Å²) in [5.74, 6) is 2.19. The van der Waals surface area contributed by atoms with Gasteiger partial charge in [0.25, 0.3) is 0 Å². The summed E-state index contributed by atoms with van der Waals surface area (Å²) in [4.78, 5) is 19.0. The van der Waals surface area contributed by atoms with Crippen molar-refractivity contribution in [3.63, 3.8) is 0 Å². The van der Waals surface area contributed by atoms with Crippen LogP contribution in [-0.2, 0) is 26.5 Å². The number of benzene rings is 2. The molecule has 0 radical (unpaired) electrons. The number of nitrogens with one attached hydrogen (secondary N) is 1. The van der Waals surface area contributed by atoms with Gasteiger partial charge in [-0.25, -0.2) is 4.99 Å². The summed E-state index contributed by atoms with van der Waals surface area (Å²) in [6.45, 7) is 0.843. The number of ether oxygens (including phenoxy) is 4. The number of allylic oxidation sites excluding steroid dienone is 2. The average Bonchev–Trinajstić information content (AvgIpc) is 3.27. The van der Waals surface area contributed by atoms with Crippen LogP contribution >= 0.6 is 0 Å². The lowest BCUT2D eigenvalue weighted by Crippen LogP contribution is -2.46. The van der Waals surface area contributed by atoms with E-state index in [9.17, 15) is 4.79 Å². The molecule has 2 aliphatic heterocycles. The predicted molar refractivity (Wildman–Crippen MR) is 124 cm³/mol. The van der Waals surface area contributed by atoms with Gasteiger partial charge in [0.05, 0.1) is 34.4 Å². The number of rotatable bonds is 9. The van der Waals surface area contributed by atoms with Crippen LogP contribution in [0.2, 0.25) is 0 Å². The van der Waals surface area contributed by atoms with Crippen LogP contribution in [0.5, 0.6) is 11.5 Å². The number of hydrogen-bond acceptors (Lipinski definition) is 8. The van der Waals surface area contributed by atoms with Crippen LogP contribution in [0.15, 0.2) is 77.6 Å². The van der Waals surface area contributed by atoms with Gasteiger partial charge in [-0.05, 0) is 29.8 Å². The third-order valence-electron chi connectivity index (χ3n) is 5.52. The van der Waals surface area contributed by atoms with E-state index in [1.54, 1.807) is 20.3 Å². The Hall–Kier alpha value is -3.78. The van der Waals surface area contributed by atoms with Gasteiger partial charge >= 0.3 is 5.97 Å². The first kappa shape index (κ1) is 22.4. The summed E-state index contributed by atoms with van der Waals surface area (Å²) in [7, 11) is 4.55. The van der Waals surface area contributed by atoms with Gasteiger partial charge in [0.2, 0.25) is 0 Å². The van der Waals surface area contributed by atoms with Gasteiger partial charge in [0, 0.05) is 17.8 Å². The standard InChI is InChI=1S/C25H27N3O5/c1-30-20-12-19(13-21(14-20)31-2)25(26-15-23(29)32-3)17-28-11-7-10-22(24(28)27-25)33-16-18-8-5-4-6-9-18/h4-14,26H,15-17H2,1-3H3. The molecule has 2 aliphatic rings. The molecule has 0 fully saturated rings. The van der Waals surface area contributed by atoms with E-state index in [0.29, 0.717) is 36.2 Å². The van der Waals surface area contributed by atoms with Gasteiger partial charge < -0.3 is 23.8 Å². The van der Waals surface area contributed by atoms with Crippen LogP contribution in [0.3, 0.4) is 0 Å². The molecule has 1 unspecified atom stereocenters. The molecule has 0 saturated carbocycles. The van der Waals surface area contributed by atoms with Crippen molar-refractivity contribution in [2.45, 2.75) is 12.3 Å². The number of methoxy groups -OCH3 is 3. The van der Waals surface area contributed by atoms with Crippen molar-refractivity contribution < 1.29 is 23.7 Å². The first-order valence-corrected chi connectivity index (χ1v) is 10.5. The number of esters is 1. The lowest BCUT2D eigenvalue weighted by atomic mass is 9.99. The van der Waals surface area contributed by atoms with E-state index in [1.807, 2.05) is 65.7 Å². The maximum absolute atomic E-state index is 12.0. The Morgan fingerprint density at radius 3 is 2.48 bits per heavy atom. The van der Waals surface area contributed by atoms with E-state index in [2.05, 4.69) is 5.32 Å². The van der Waals surface area contributed by atoms with Crippen molar-refractivity contribution in [1.82, 2.24) is 10.2 Å². The van der Waals surface area contributed by atoms with Crippen molar-refractivity contribution in [3.8, 4) is 11.5 Å². The third kappa shape index (κ3) is 4.85. The molecule has 2 aromatic rings. The Kier molecular flexibility index (Phi) is 6.65. The van der Waals surface area contributed by atoms with E-state index >= 15 is 0 Å². The highest BCUT2D eigenvalue weighted by atomic mass is 16.5. The van der Waals surface area contributed by atoms with Crippen molar-refractivity contribution in [2.75, 3.05) is 34.4 Å². The van der Waals surface area contributed by atoms with Crippen LogP contribution in [0.25, 0.3) is 0 Å².